The standard InChI is InChI=1S/C13H16N2O2.CH4/c1-8-5-9-6-10(3-4-14-2)15-12(9)7-11(8)13(16)17;/h5-7,14-15H,3-4H2,1-2H3,(H,16,17);1H4. The van der Waals surface area contributed by atoms with Crippen LogP contribution < -0.4 is 5.32 Å². The number of aromatic amines is 1. The molecule has 4 nitrogen and oxygen atoms in total. The predicted molar refractivity (Wildman–Crippen MR) is 74.4 cm³/mol. The summed E-state index contributed by atoms with van der Waals surface area (Å²) < 4.78 is 0. The van der Waals surface area contributed by atoms with E-state index in [2.05, 4.69) is 16.4 Å². The zero-order valence-corrected chi connectivity index (χ0v) is 10.0. The number of carboxylic acid groups (broad SMARTS) is 1. The summed E-state index contributed by atoms with van der Waals surface area (Å²) in [5.41, 5.74) is 3.17. The van der Waals surface area contributed by atoms with Crippen molar-refractivity contribution in [3.63, 3.8) is 0 Å². The molecule has 1 aromatic carbocycles. The summed E-state index contributed by atoms with van der Waals surface area (Å²) in [5, 5.41) is 13.2. The summed E-state index contributed by atoms with van der Waals surface area (Å²) in [4.78, 5) is 14.3. The first kappa shape index (κ1) is 14.3. The van der Waals surface area contributed by atoms with Gasteiger partial charge in [-0.3, -0.25) is 0 Å². The van der Waals surface area contributed by atoms with Crippen molar-refractivity contribution in [1.29, 1.82) is 0 Å². The average Bonchev–Trinajstić information content (AvgIpc) is 2.66. The van der Waals surface area contributed by atoms with E-state index in [0.29, 0.717) is 5.56 Å². The van der Waals surface area contributed by atoms with Crippen LogP contribution >= 0.6 is 0 Å². The number of carbonyl (C=O) groups is 1. The zero-order valence-electron chi connectivity index (χ0n) is 10.0. The molecule has 0 aliphatic heterocycles. The van der Waals surface area contributed by atoms with Gasteiger partial charge in [0.15, 0.2) is 0 Å². The van der Waals surface area contributed by atoms with Crippen LogP contribution in [0.5, 0.6) is 0 Å². The Bertz CT molecular complexity index is 558. The topological polar surface area (TPSA) is 65.1 Å². The number of aromatic carboxylic acids is 1. The molecule has 0 aliphatic rings. The lowest BCUT2D eigenvalue weighted by Gasteiger charge is -2.00. The van der Waals surface area contributed by atoms with Gasteiger partial charge in [0, 0.05) is 17.8 Å². The van der Waals surface area contributed by atoms with Gasteiger partial charge in [-0.25, -0.2) is 4.79 Å². The lowest BCUT2D eigenvalue weighted by molar-refractivity contribution is 0.0696. The Balaban J connectivity index is 0.00000162. The van der Waals surface area contributed by atoms with E-state index in [9.17, 15) is 4.79 Å². The monoisotopic (exact) mass is 248 g/mol. The number of nitrogens with one attached hydrogen (secondary N) is 2. The smallest absolute Gasteiger partial charge is 0.336 e. The number of rotatable bonds is 4. The van der Waals surface area contributed by atoms with E-state index in [4.69, 9.17) is 5.11 Å². The highest BCUT2D eigenvalue weighted by molar-refractivity contribution is 5.95. The van der Waals surface area contributed by atoms with E-state index in [1.807, 2.05) is 20.0 Å². The number of carboxylic acids is 1. The van der Waals surface area contributed by atoms with Gasteiger partial charge in [-0.15, -0.1) is 0 Å². The highest BCUT2D eigenvalue weighted by atomic mass is 16.4. The Morgan fingerprint density at radius 1 is 1.39 bits per heavy atom. The Hall–Kier alpha value is -1.81. The molecule has 98 valence electrons. The Kier molecular flexibility index (Phi) is 4.50. The minimum absolute atomic E-state index is 0. The molecule has 2 aromatic rings. The van der Waals surface area contributed by atoms with Crippen molar-refractivity contribution in [3.05, 3.63) is 35.0 Å². The fraction of sp³-hybridized carbons (Fsp3) is 0.357. The van der Waals surface area contributed by atoms with Crippen molar-refractivity contribution < 1.29 is 9.90 Å². The average molecular weight is 248 g/mol. The summed E-state index contributed by atoms with van der Waals surface area (Å²) in [6.07, 6.45) is 0.909. The number of aromatic nitrogens is 1. The summed E-state index contributed by atoms with van der Waals surface area (Å²) >= 11 is 0. The quantitative estimate of drug-likeness (QED) is 0.779. The third-order valence-corrected chi connectivity index (χ3v) is 2.90. The Morgan fingerprint density at radius 2 is 2.11 bits per heavy atom. The van der Waals surface area contributed by atoms with E-state index in [0.717, 1.165) is 35.1 Å². The molecule has 0 bridgehead atoms. The van der Waals surface area contributed by atoms with Gasteiger partial charge in [0.05, 0.1) is 5.56 Å². The van der Waals surface area contributed by atoms with Crippen molar-refractivity contribution in [3.8, 4) is 0 Å². The van der Waals surface area contributed by atoms with E-state index >= 15 is 0 Å². The van der Waals surface area contributed by atoms with Crippen molar-refractivity contribution in [2.45, 2.75) is 20.8 Å². The van der Waals surface area contributed by atoms with Crippen LogP contribution in [-0.4, -0.2) is 29.7 Å². The van der Waals surface area contributed by atoms with E-state index in [-0.39, 0.29) is 7.43 Å². The van der Waals surface area contributed by atoms with Crippen LogP contribution in [0.25, 0.3) is 10.9 Å². The van der Waals surface area contributed by atoms with Gasteiger partial charge in [-0.1, -0.05) is 7.43 Å². The maximum absolute atomic E-state index is 11.0. The largest absolute Gasteiger partial charge is 0.478 e. The first-order valence-corrected chi connectivity index (χ1v) is 5.62. The zero-order chi connectivity index (χ0) is 12.4. The molecular weight excluding hydrogens is 228 g/mol. The molecule has 4 heteroatoms. The second-order valence-corrected chi connectivity index (χ2v) is 4.21. The van der Waals surface area contributed by atoms with Crippen LogP contribution in [0.4, 0.5) is 0 Å². The second kappa shape index (κ2) is 5.69. The fourth-order valence-electron chi connectivity index (χ4n) is 1.98. The molecule has 0 saturated heterocycles. The van der Waals surface area contributed by atoms with Crippen molar-refractivity contribution in [2.24, 2.45) is 0 Å². The normalized spacial score (nSPS) is 10.3. The van der Waals surface area contributed by atoms with Gasteiger partial charge in [0.25, 0.3) is 0 Å². The molecule has 18 heavy (non-hydrogen) atoms. The molecule has 0 unspecified atom stereocenters. The van der Waals surface area contributed by atoms with Crippen molar-refractivity contribution >= 4 is 16.9 Å². The van der Waals surface area contributed by atoms with Crippen LogP contribution in [-0.2, 0) is 6.42 Å². The maximum atomic E-state index is 11.0. The summed E-state index contributed by atoms with van der Waals surface area (Å²) in [7, 11) is 1.91. The number of likely N-dealkylation sites (N-methyl/N-ethyl adjacent to an activating group) is 1. The molecule has 2 rings (SSSR count). The third kappa shape index (κ3) is 2.71. The van der Waals surface area contributed by atoms with E-state index in [1.165, 1.54) is 0 Å². The molecular formula is C14H20N2O2. The van der Waals surface area contributed by atoms with Crippen LogP contribution in [0.15, 0.2) is 18.2 Å². The van der Waals surface area contributed by atoms with Crippen LogP contribution in [0, 0.1) is 6.92 Å². The number of hydrogen-bond acceptors (Lipinski definition) is 2. The SMILES string of the molecule is C.CNCCc1cc2cc(C)c(C(=O)O)cc2[nH]1. The van der Waals surface area contributed by atoms with Gasteiger partial charge < -0.3 is 15.4 Å². The van der Waals surface area contributed by atoms with Gasteiger partial charge in [0.2, 0.25) is 0 Å². The van der Waals surface area contributed by atoms with Crippen LogP contribution in [0.1, 0.15) is 29.0 Å². The highest BCUT2D eigenvalue weighted by Crippen LogP contribution is 2.20. The molecule has 1 heterocycles. The molecule has 0 aliphatic carbocycles. The Labute approximate surface area is 107 Å². The molecule has 0 spiro atoms. The van der Waals surface area contributed by atoms with Crippen molar-refractivity contribution in [1.82, 2.24) is 10.3 Å². The number of aryl methyl sites for hydroxylation is 1. The highest BCUT2D eigenvalue weighted by Gasteiger charge is 2.10. The third-order valence-electron chi connectivity index (χ3n) is 2.90. The van der Waals surface area contributed by atoms with Gasteiger partial charge in [-0.2, -0.15) is 0 Å². The van der Waals surface area contributed by atoms with Gasteiger partial charge in [0.1, 0.15) is 0 Å². The minimum atomic E-state index is -0.879. The molecule has 0 atom stereocenters. The summed E-state index contributed by atoms with van der Waals surface area (Å²) in [6.45, 7) is 2.72. The first-order chi connectivity index (χ1) is 8.11. The van der Waals surface area contributed by atoms with Crippen LogP contribution in [0.2, 0.25) is 0 Å². The maximum Gasteiger partial charge on any atom is 0.336 e. The molecule has 0 amide bonds. The molecule has 3 N–H and O–H groups in total. The number of hydrogen-bond donors (Lipinski definition) is 3. The molecule has 0 saturated carbocycles. The Morgan fingerprint density at radius 3 is 2.72 bits per heavy atom. The fourth-order valence-corrected chi connectivity index (χ4v) is 1.98. The predicted octanol–water partition coefficient (Wildman–Crippen LogP) is 2.57. The van der Waals surface area contributed by atoms with E-state index < -0.39 is 5.97 Å². The molecule has 0 fully saturated rings. The molecule has 0 radical (unpaired) electrons. The second-order valence-electron chi connectivity index (χ2n) is 4.21. The van der Waals surface area contributed by atoms with E-state index in [1.54, 1.807) is 6.07 Å². The number of fused-ring (bicyclic) bond motifs is 1. The lowest BCUT2D eigenvalue weighted by Crippen LogP contribution is -2.10. The van der Waals surface area contributed by atoms with Crippen LogP contribution in [0.3, 0.4) is 0 Å². The number of benzene rings is 1. The lowest BCUT2D eigenvalue weighted by atomic mass is 10.1. The van der Waals surface area contributed by atoms with Crippen molar-refractivity contribution in [2.75, 3.05) is 13.6 Å². The number of H-pyrrole nitrogens is 1. The summed E-state index contributed by atoms with van der Waals surface area (Å²) in [6, 6.07) is 5.69. The summed E-state index contributed by atoms with van der Waals surface area (Å²) in [5.74, 6) is -0.879. The minimum Gasteiger partial charge on any atom is -0.478 e. The van der Waals surface area contributed by atoms with Gasteiger partial charge >= 0.3 is 5.97 Å². The first-order valence-electron chi connectivity index (χ1n) is 5.62. The molecule has 1 aromatic heterocycles. The van der Waals surface area contributed by atoms with Gasteiger partial charge in [-0.05, 0) is 49.5 Å².